The summed E-state index contributed by atoms with van der Waals surface area (Å²) in [5.41, 5.74) is 0. The van der Waals surface area contributed by atoms with Crippen LogP contribution in [0.5, 0.6) is 0 Å². The second-order valence-electron chi connectivity index (χ2n) is 0.813. The van der Waals surface area contributed by atoms with Crippen LogP contribution >= 0.6 is 31.0 Å². The third kappa shape index (κ3) is 6.69. The molecule has 0 aromatic heterocycles. The van der Waals surface area contributed by atoms with Gasteiger partial charge in [0.2, 0.25) is 5.02 Å². The van der Waals surface area contributed by atoms with E-state index < -0.39 is 12.8 Å². The van der Waals surface area contributed by atoms with Gasteiger partial charge >= 0.3 is 0 Å². The van der Waals surface area contributed by atoms with Gasteiger partial charge in [-0.25, -0.2) is 0 Å². The molecule has 0 amide bonds. The average Bonchev–Trinajstić information content (AvgIpc) is 1.21. The van der Waals surface area contributed by atoms with Crippen molar-refractivity contribution in [3.8, 4) is 0 Å². The first-order chi connectivity index (χ1) is 3.42. The van der Waals surface area contributed by atoms with Gasteiger partial charge in [-0.3, -0.25) is 0 Å². The van der Waals surface area contributed by atoms with Gasteiger partial charge in [-0.15, -0.1) is 0 Å². The summed E-state index contributed by atoms with van der Waals surface area (Å²) in [6.07, 6.45) is 0. The predicted octanol–water partition coefficient (Wildman–Crippen LogP) is -0.407. The number of halogens is 2. The lowest BCUT2D eigenvalue weighted by molar-refractivity contribution is -0.341. The summed E-state index contributed by atoms with van der Waals surface area (Å²) in [6, 6.07) is 0. The van der Waals surface area contributed by atoms with Crippen LogP contribution in [-0.4, -0.2) is 5.02 Å². The largest absolute Gasteiger partial charge is 0.790 e. The van der Waals surface area contributed by atoms with E-state index in [-0.39, 0.29) is 0 Å². The highest BCUT2D eigenvalue weighted by atomic mass is 35.5. The Bertz CT molecular complexity index is 107. The molecule has 0 N–H and O–H groups in total. The molecule has 0 heterocycles. The van der Waals surface area contributed by atoms with E-state index in [2.05, 4.69) is 4.52 Å². The Hall–Kier alpha value is 0.690. The minimum absolute atomic E-state index is 1.60. The number of hydrogen-bond acceptors (Lipinski definition) is 4. The molecule has 0 aromatic rings. The van der Waals surface area contributed by atoms with Gasteiger partial charge in [-0.2, -0.15) is 0 Å². The number of phosphoric acid groups is 1. The maximum atomic E-state index is 9.52. The van der Waals surface area contributed by atoms with E-state index >= 15 is 0 Å². The molecular weight excluding hydrogens is 178 g/mol. The highest BCUT2D eigenvalue weighted by Gasteiger charge is 1.98. The van der Waals surface area contributed by atoms with Gasteiger partial charge in [0, 0.05) is 0 Å². The van der Waals surface area contributed by atoms with Crippen molar-refractivity contribution in [2.45, 2.75) is 5.02 Å². The van der Waals surface area contributed by atoms with Crippen molar-refractivity contribution in [3.63, 3.8) is 0 Å². The summed E-state index contributed by atoms with van der Waals surface area (Å²) in [7, 11) is -4.99. The Kier molecular flexibility index (Phi) is 3.27. The smallest absolute Gasteiger partial charge is 0.210 e. The van der Waals surface area contributed by atoms with Crippen molar-refractivity contribution in [2.24, 2.45) is 0 Å². The van der Waals surface area contributed by atoms with Gasteiger partial charge < -0.3 is 18.9 Å². The van der Waals surface area contributed by atoms with Crippen LogP contribution in [0.15, 0.2) is 0 Å². The third-order valence-electron chi connectivity index (χ3n) is 0.209. The first-order valence-electron chi connectivity index (χ1n) is 1.40. The fourth-order valence-electron chi connectivity index (χ4n) is 0.0976. The maximum Gasteiger partial charge on any atom is 0.210 e. The van der Waals surface area contributed by atoms with E-state index in [0.717, 1.165) is 0 Å². The third-order valence-corrected chi connectivity index (χ3v) is 1.10. The van der Waals surface area contributed by atoms with E-state index in [1.54, 1.807) is 0 Å². The zero-order valence-corrected chi connectivity index (χ0v) is 5.82. The Morgan fingerprint density at radius 3 is 1.88 bits per heavy atom. The topological polar surface area (TPSA) is 72.4 Å². The number of rotatable bonds is 2. The van der Waals surface area contributed by atoms with Crippen LogP contribution in [0.4, 0.5) is 0 Å². The molecule has 0 spiro atoms. The summed E-state index contributed by atoms with van der Waals surface area (Å²) in [4.78, 5) is 19.0. The van der Waals surface area contributed by atoms with Crippen LogP contribution in [0.2, 0.25) is 0 Å². The van der Waals surface area contributed by atoms with Crippen molar-refractivity contribution in [3.05, 3.63) is 0 Å². The van der Waals surface area contributed by atoms with Crippen molar-refractivity contribution >= 4 is 31.0 Å². The van der Waals surface area contributed by atoms with E-state index in [0.29, 0.717) is 0 Å². The molecule has 4 nitrogen and oxygen atoms in total. The zero-order chi connectivity index (χ0) is 6.78. The SMILES string of the molecule is O=P([O-])([O-])OC(Cl)Cl. The lowest BCUT2D eigenvalue weighted by Gasteiger charge is -2.28. The minimum Gasteiger partial charge on any atom is -0.790 e. The fraction of sp³-hybridized carbons (Fsp3) is 1.00. The van der Waals surface area contributed by atoms with Crippen molar-refractivity contribution in [2.75, 3.05) is 0 Å². The average molecular weight is 179 g/mol. The zero-order valence-electron chi connectivity index (χ0n) is 3.41. The highest BCUT2D eigenvalue weighted by molar-refractivity contribution is 7.43. The van der Waals surface area contributed by atoms with Crippen molar-refractivity contribution in [1.29, 1.82) is 0 Å². The van der Waals surface area contributed by atoms with Crippen LogP contribution in [0.25, 0.3) is 0 Å². The molecular formula is CHCl2O4P-2. The molecule has 0 saturated heterocycles. The maximum absolute atomic E-state index is 9.52. The summed E-state index contributed by atoms with van der Waals surface area (Å²) < 4.78 is 12.9. The van der Waals surface area contributed by atoms with Gasteiger partial charge in [-0.1, -0.05) is 23.2 Å². The molecule has 7 heteroatoms. The molecule has 0 aliphatic heterocycles. The van der Waals surface area contributed by atoms with E-state index in [4.69, 9.17) is 23.2 Å². The van der Waals surface area contributed by atoms with Gasteiger partial charge in [0.15, 0.2) is 0 Å². The molecule has 0 radical (unpaired) electrons. The monoisotopic (exact) mass is 178 g/mol. The van der Waals surface area contributed by atoms with E-state index in [9.17, 15) is 14.4 Å². The predicted molar refractivity (Wildman–Crippen MR) is 24.2 cm³/mol. The number of alkyl halides is 2. The molecule has 0 unspecified atom stereocenters. The molecule has 0 aliphatic carbocycles. The standard InChI is InChI=1S/CH3Cl2O4P/c2-1(3)7-8(4,5)6/h1H,(H2,4,5,6)/p-2. The molecule has 0 aliphatic rings. The van der Waals surface area contributed by atoms with E-state index in [1.807, 2.05) is 0 Å². The number of phosphoric ester groups is 1. The van der Waals surface area contributed by atoms with Gasteiger partial charge in [0.05, 0.1) is 7.82 Å². The first kappa shape index (κ1) is 8.69. The minimum atomic E-state index is -4.99. The van der Waals surface area contributed by atoms with E-state index in [1.165, 1.54) is 0 Å². The quantitative estimate of drug-likeness (QED) is 0.426. The van der Waals surface area contributed by atoms with Crippen LogP contribution < -0.4 is 9.79 Å². The summed E-state index contributed by atoms with van der Waals surface area (Å²) >= 11 is 9.47. The van der Waals surface area contributed by atoms with Crippen LogP contribution in [0.1, 0.15) is 0 Å². The lowest BCUT2D eigenvalue weighted by atomic mass is 11.7. The molecule has 0 bridgehead atoms. The molecule has 0 fully saturated rings. The lowest BCUT2D eigenvalue weighted by Crippen LogP contribution is -2.17. The second-order valence-corrected chi connectivity index (χ2v) is 2.93. The second kappa shape index (κ2) is 3.01. The molecule has 0 saturated carbocycles. The molecule has 50 valence electrons. The first-order valence-corrected chi connectivity index (χ1v) is 3.74. The molecule has 0 aromatic carbocycles. The highest BCUT2D eigenvalue weighted by Crippen LogP contribution is 2.29. The van der Waals surface area contributed by atoms with Crippen molar-refractivity contribution in [1.82, 2.24) is 0 Å². The van der Waals surface area contributed by atoms with Crippen LogP contribution in [0.3, 0.4) is 0 Å². The van der Waals surface area contributed by atoms with Crippen LogP contribution in [0, 0.1) is 0 Å². The fourth-order valence-corrected chi connectivity index (χ4v) is 0.878. The number of hydrogen-bond donors (Lipinski definition) is 0. The summed E-state index contributed by atoms with van der Waals surface area (Å²) in [6.45, 7) is 0. The van der Waals surface area contributed by atoms with Crippen molar-refractivity contribution < 1.29 is 18.9 Å². The normalized spacial score (nSPS) is 12.6. The van der Waals surface area contributed by atoms with Crippen LogP contribution in [-0.2, 0) is 9.09 Å². The Morgan fingerprint density at radius 1 is 1.50 bits per heavy atom. The summed E-state index contributed by atoms with van der Waals surface area (Å²) in [5.74, 6) is 0. The molecule has 0 rings (SSSR count). The summed E-state index contributed by atoms with van der Waals surface area (Å²) in [5, 5.41) is -1.60. The Balaban J connectivity index is 3.56. The Morgan fingerprint density at radius 2 is 1.88 bits per heavy atom. The molecule has 8 heavy (non-hydrogen) atoms. The van der Waals surface area contributed by atoms with Gasteiger partial charge in [0.25, 0.3) is 0 Å². The Labute approximate surface area is 55.6 Å². The van der Waals surface area contributed by atoms with Gasteiger partial charge in [0.1, 0.15) is 0 Å². The van der Waals surface area contributed by atoms with Gasteiger partial charge in [-0.05, 0) is 0 Å². The molecule has 0 atom stereocenters.